The summed E-state index contributed by atoms with van der Waals surface area (Å²) in [4.78, 5) is 22.5. The van der Waals surface area contributed by atoms with Gasteiger partial charge in [-0.25, -0.2) is 4.39 Å². The zero-order valence-electron chi connectivity index (χ0n) is 10.6. The van der Waals surface area contributed by atoms with Crippen LogP contribution in [-0.4, -0.2) is 17.0 Å². The molecule has 0 saturated carbocycles. The van der Waals surface area contributed by atoms with Crippen molar-refractivity contribution in [2.75, 3.05) is 0 Å². The molecule has 0 aliphatic rings. The van der Waals surface area contributed by atoms with E-state index in [-0.39, 0.29) is 12.4 Å². The van der Waals surface area contributed by atoms with Crippen molar-refractivity contribution >= 4 is 11.9 Å². The number of carbonyl (C=O) groups excluding carboxylic acids is 1. The molecule has 0 bridgehead atoms. The Balaban J connectivity index is 2.68. The summed E-state index contributed by atoms with van der Waals surface area (Å²) in [7, 11) is 0. The van der Waals surface area contributed by atoms with Gasteiger partial charge in [0.2, 0.25) is 5.91 Å². The van der Waals surface area contributed by atoms with Gasteiger partial charge in [0.1, 0.15) is 11.2 Å². The van der Waals surface area contributed by atoms with E-state index in [4.69, 9.17) is 5.11 Å². The van der Waals surface area contributed by atoms with Crippen LogP contribution in [0.2, 0.25) is 0 Å². The van der Waals surface area contributed by atoms with Crippen molar-refractivity contribution in [3.8, 4) is 0 Å². The van der Waals surface area contributed by atoms with Crippen molar-refractivity contribution in [1.29, 1.82) is 0 Å². The molecule has 0 aliphatic carbocycles. The minimum Gasteiger partial charge on any atom is -0.480 e. The van der Waals surface area contributed by atoms with Crippen LogP contribution in [0.5, 0.6) is 0 Å². The maximum atomic E-state index is 13.0. The molecule has 1 rings (SSSR count). The summed E-state index contributed by atoms with van der Waals surface area (Å²) < 4.78 is 13.0. The number of hydrogen-bond acceptors (Lipinski definition) is 2. The number of carbonyl (C=O) groups is 2. The molecule has 5 heteroatoms. The molecule has 1 aromatic rings. The van der Waals surface area contributed by atoms with E-state index < -0.39 is 17.3 Å². The van der Waals surface area contributed by atoms with Gasteiger partial charge in [-0.05, 0) is 38.0 Å². The number of nitrogens with one attached hydrogen (secondary N) is 1. The number of rotatable bonds is 4. The third kappa shape index (κ3) is 3.06. The van der Waals surface area contributed by atoms with Gasteiger partial charge in [-0.15, -0.1) is 0 Å². The monoisotopic (exact) mass is 253 g/mol. The number of carboxylic acids is 1. The highest BCUT2D eigenvalue weighted by atomic mass is 19.1. The SMILES string of the molecule is Cc1cc(CNC(=O)C(C)(C)C(=O)O)ccc1F. The Kier molecular flexibility index (Phi) is 4.06. The number of carboxylic acid groups (broad SMARTS) is 1. The molecule has 2 N–H and O–H groups in total. The van der Waals surface area contributed by atoms with Gasteiger partial charge in [-0.3, -0.25) is 9.59 Å². The van der Waals surface area contributed by atoms with Crippen LogP contribution in [-0.2, 0) is 16.1 Å². The first kappa shape index (κ1) is 14.2. The number of aryl methyl sites for hydroxylation is 1. The summed E-state index contributed by atoms with van der Waals surface area (Å²) >= 11 is 0. The normalized spacial score (nSPS) is 11.1. The van der Waals surface area contributed by atoms with Crippen molar-refractivity contribution in [2.45, 2.75) is 27.3 Å². The summed E-state index contributed by atoms with van der Waals surface area (Å²) in [6, 6.07) is 4.49. The maximum absolute atomic E-state index is 13.0. The van der Waals surface area contributed by atoms with Gasteiger partial charge in [0, 0.05) is 6.54 Å². The first-order valence-electron chi connectivity index (χ1n) is 5.52. The van der Waals surface area contributed by atoms with Gasteiger partial charge in [0.25, 0.3) is 0 Å². The lowest BCUT2D eigenvalue weighted by atomic mass is 9.92. The second-order valence-electron chi connectivity index (χ2n) is 4.70. The molecular weight excluding hydrogens is 237 g/mol. The molecule has 0 spiro atoms. The highest BCUT2D eigenvalue weighted by molar-refractivity contribution is 6.00. The van der Waals surface area contributed by atoms with E-state index in [0.717, 1.165) is 5.56 Å². The molecule has 0 radical (unpaired) electrons. The van der Waals surface area contributed by atoms with Gasteiger partial charge in [-0.2, -0.15) is 0 Å². The lowest BCUT2D eigenvalue weighted by Crippen LogP contribution is -2.41. The zero-order chi connectivity index (χ0) is 13.9. The van der Waals surface area contributed by atoms with Crippen LogP contribution >= 0.6 is 0 Å². The van der Waals surface area contributed by atoms with Crippen molar-refractivity contribution in [3.63, 3.8) is 0 Å². The Morgan fingerprint density at radius 1 is 1.39 bits per heavy atom. The third-order valence-electron chi connectivity index (χ3n) is 2.78. The Labute approximate surface area is 105 Å². The summed E-state index contributed by atoms with van der Waals surface area (Å²) in [6.45, 7) is 4.47. The predicted octanol–water partition coefficient (Wildman–Crippen LogP) is 1.86. The number of aliphatic carboxylic acids is 1. The van der Waals surface area contributed by atoms with Crippen LogP contribution in [0.4, 0.5) is 4.39 Å². The maximum Gasteiger partial charge on any atom is 0.318 e. The molecule has 18 heavy (non-hydrogen) atoms. The average molecular weight is 253 g/mol. The molecule has 0 unspecified atom stereocenters. The van der Waals surface area contributed by atoms with E-state index in [1.54, 1.807) is 19.1 Å². The van der Waals surface area contributed by atoms with E-state index in [1.165, 1.54) is 19.9 Å². The molecule has 0 fully saturated rings. The fourth-order valence-corrected chi connectivity index (χ4v) is 1.32. The molecular formula is C13H16FNO3. The number of benzene rings is 1. The molecule has 0 heterocycles. The number of hydrogen-bond donors (Lipinski definition) is 2. The van der Waals surface area contributed by atoms with Crippen LogP contribution in [0.3, 0.4) is 0 Å². The number of amides is 1. The highest BCUT2D eigenvalue weighted by Crippen LogP contribution is 2.16. The molecule has 0 aromatic heterocycles. The fourth-order valence-electron chi connectivity index (χ4n) is 1.32. The molecule has 0 atom stereocenters. The second kappa shape index (κ2) is 5.16. The van der Waals surface area contributed by atoms with Gasteiger partial charge in [-0.1, -0.05) is 12.1 Å². The first-order chi connectivity index (χ1) is 8.25. The molecule has 98 valence electrons. The van der Waals surface area contributed by atoms with Crippen molar-refractivity contribution in [1.82, 2.24) is 5.32 Å². The Hall–Kier alpha value is -1.91. The van der Waals surface area contributed by atoms with E-state index in [9.17, 15) is 14.0 Å². The van der Waals surface area contributed by atoms with Gasteiger partial charge in [0.05, 0.1) is 0 Å². The second-order valence-corrected chi connectivity index (χ2v) is 4.70. The van der Waals surface area contributed by atoms with E-state index in [0.29, 0.717) is 5.56 Å². The summed E-state index contributed by atoms with van der Waals surface area (Å²) in [5.74, 6) is -2.07. The summed E-state index contributed by atoms with van der Waals surface area (Å²) in [6.07, 6.45) is 0. The van der Waals surface area contributed by atoms with Crippen LogP contribution in [0.15, 0.2) is 18.2 Å². The van der Waals surface area contributed by atoms with Gasteiger partial charge >= 0.3 is 5.97 Å². The quantitative estimate of drug-likeness (QED) is 0.805. The van der Waals surface area contributed by atoms with Gasteiger partial charge in [0.15, 0.2) is 0 Å². The number of halogens is 1. The minimum atomic E-state index is -1.48. The lowest BCUT2D eigenvalue weighted by Gasteiger charge is -2.18. The van der Waals surface area contributed by atoms with E-state index in [2.05, 4.69) is 5.32 Å². The Morgan fingerprint density at radius 2 is 2.00 bits per heavy atom. The molecule has 1 aromatic carbocycles. The van der Waals surface area contributed by atoms with Gasteiger partial charge < -0.3 is 10.4 Å². The fraction of sp³-hybridized carbons (Fsp3) is 0.385. The molecule has 0 aliphatic heterocycles. The van der Waals surface area contributed by atoms with Crippen LogP contribution in [0.1, 0.15) is 25.0 Å². The third-order valence-corrected chi connectivity index (χ3v) is 2.78. The van der Waals surface area contributed by atoms with E-state index in [1.807, 2.05) is 0 Å². The standard InChI is InChI=1S/C13H16FNO3/c1-8-6-9(4-5-10(8)14)7-15-11(16)13(2,3)12(17)18/h4-6H,7H2,1-3H3,(H,15,16)(H,17,18). The minimum absolute atomic E-state index is 0.177. The van der Waals surface area contributed by atoms with Crippen LogP contribution in [0.25, 0.3) is 0 Å². The summed E-state index contributed by atoms with van der Waals surface area (Å²) in [5.41, 5.74) is -0.266. The highest BCUT2D eigenvalue weighted by Gasteiger charge is 2.35. The first-order valence-corrected chi connectivity index (χ1v) is 5.52. The van der Waals surface area contributed by atoms with E-state index >= 15 is 0 Å². The van der Waals surface area contributed by atoms with Crippen molar-refractivity contribution in [2.24, 2.45) is 5.41 Å². The largest absolute Gasteiger partial charge is 0.480 e. The molecule has 0 saturated heterocycles. The van der Waals surface area contributed by atoms with Crippen LogP contribution in [0, 0.1) is 18.2 Å². The van der Waals surface area contributed by atoms with Crippen molar-refractivity contribution < 1.29 is 19.1 Å². The topological polar surface area (TPSA) is 66.4 Å². The Bertz CT molecular complexity index is 483. The molecule has 1 amide bonds. The average Bonchev–Trinajstić information content (AvgIpc) is 2.30. The zero-order valence-corrected chi connectivity index (χ0v) is 10.6. The lowest BCUT2D eigenvalue weighted by molar-refractivity contribution is -0.153. The molecule has 4 nitrogen and oxygen atoms in total. The predicted molar refractivity (Wildman–Crippen MR) is 64.4 cm³/mol. The summed E-state index contributed by atoms with van der Waals surface area (Å²) in [5, 5.41) is 11.4. The smallest absolute Gasteiger partial charge is 0.318 e. The van der Waals surface area contributed by atoms with Crippen LogP contribution < -0.4 is 5.32 Å². The Morgan fingerprint density at radius 3 is 2.50 bits per heavy atom. The van der Waals surface area contributed by atoms with Crippen molar-refractivity contribution in [3.05, 3.63) is 35.1 Å².